The maximum atomic E-state index is 13.3. The second kappa shape index (κ2) is 11.4. The maximum absolute atomic E-state index is 13.3. The Hall–Kier alpha value is -2.90. The number of nitrogens with zero attached hydrogens (tertiary/aromatic N) is 3. The monoisotopic (exact) mass is 491 g/mol. The van der Waals surface area contributed by atoms with Crippen LogP contribution in [0, 0.1) is 0 Å². The van der Waals surface area contributed by atoms with E-state index in [9.17, 15) is 9.59 Å². The second-order valence-electron chi connectivity index (χ2n) is 10.2. The first-order valence-corrected chi connectivity index (χ1v) is 13.3. The molecule has 0 saturated carbocycles. The van der Waals surface area contributed by atoms with Crippen molar-refractivity contribution in [1.82, 2.24) is 14.7 Å². The number of ether oxygens (including phenoxy) is 2. The maximum Gasteiger partial charge on any atom is 0.245 e. The average molecular weight is 492 g/mol. The molecular weight excluding hydrogens is 454 g/mol. The number of benzene rings is 2. The molecule has 36 heavy (non-hydrogen) atoms. The molecule has 192 valence electrons. The lowest BCUT2D eigenvalue weighted by atomic mass is 10.0. The summed E-state index contributed by atoms with van der Waals surface area (Å²) >= 11 is 0. The van der Waals surface area contributed by atoms with Gasteiger partial charge in [0.1, 0.15) is 18.4 Å². The molecule has 2 fully saturated rings. The highest BCUT2D eigenvalue weighted by Crippen LogP contribution is 2.28. The van der Waals surface area contributed by atoms with Crippen molar-refractivity contribution in [1.29, 1.82) is 0 Å². The molecule has 0 unspecified atom stereocenters. The van der Waals surface area contributed by atoms with E-state index >= 15 is 0 Å². The van der Waals surface area contributed by atoms with Crippen LogP contribution in [0.25, 0.3) is 0 Å². The third kappa shape index (κ3) is 5.90. The van der Waals surface area contributed by atoms with Crippen LogP contribution in [0.4, 0.5) is 0 Å². The SMILES string of the molecule is CC(=O)N1CCC[C@H]1C(=O)N1CCOc2ccc(CN3CCC(OCc4ccccc4)CC3)cc2C1. The predicted molar refractivity (Wildman–Crippen MR) is 137 cm³/mol. The number of fused-ring (bicyclic) bond motifs is 1. The molecular formula is C29H37N3O4. The molecule has 0 spiro atoms. The Kier molecular flexibility index (Phi) is 7.87. The van der Waals surface area contributed by atoms with E-state index in [1.165, 1.54) is 11.1 Å². The fraction of sp³-hybridized carbons (Fsp3) is 0.517. The molecule has 0 aromatic heterocycles. The van der Waals surface area contributed by atoms with Crippen LogP contribution < -0.4 is 4.74 Å². The molecule has 2 saturated heterocycles. The van der Waals surface area contributed by atoms with Crippen molar-refractivity contribution in [3.63, 3.8) is 0 Å². The van der Waals surface area contributed by atoms with Crippen molar-refractivity contribution in [3.05, 3.63) is 65.2 Å². The zero-order chi connectivity index (χ0) is 24.9. The van der Waals surface area contributed by atoms with Crippen molar-refractivity contribution in [2.45, 2.75) is 64.4 Å². The molecule has 0 N–H and O–H groups in total. The van der Waals surface area contributed by atoms with Crippen molar-refractivity contribution in [2.75, 3.05) is 32.8 Å². The largest absolute Gasteiger partial charge is 0.491 e. The van der Waals surface area contributed by atoms with Crippen LogP contribution in [0.5, 0.6) is 5.75 Å². The molecule has 5 rings (SSSR count). The third-order valence-electron chi connectivity index (χ3n) is 7.63. The number of piperidine rings is 1. The van der Waals surface area contributed by atoms with Crippen LogP contribution in [-0.4, -0.2) is 71.4 Å². The van der Waals surface area contributed by atoms with Gasteiger partial charge in [0.05, 0.1) is 19.3 Å². The average Bonchev–Trinajstić information content (AvgIpc) is 3.30. The summed E-state index contributed by atoms with van der Waals surface area (Å²) in [6.07, 6.45) is 4.02. The summed E-state index contributed by atoms with van der Waals surface area (Å²) < 4.78 is 12.1. The van der Waals surface area contributed by atoms with E-state index < -0.39 is 0 Å². The van der Waals surface area contributed by atoms with E-state index in [0.29, 0.717) is 39.0 Å². The quantitative estimate of drug-likeness (QED) is 0.618. The molecule has 3 heterocycles. The van der Waals surface area contributed by atoms with E-state index in [2.05, 4.69) is 41.3 Å². The van der Waals surface area contributed by atoms with Gasteiger partial charge >= 0.3 is 0 Å². The zero-order valence-corrected chi connectivity index (χ0v) is 21.2. The van der Waals surface area contributed by atoms with E-state index in [1.54, 1.807) is 11.8 Å². The first-order valence-electron chi connectivity index (χ1n) is 13.3. The molecule has 1 atom stereocenters. The fourth-order valence-electron chi connectivity index (χ4n) is 5.63. The Morgan fingerprint density at radius 1 is 0.972 bits per heavy atom. The second-order valence-corrected chi connectivity index (χ2v) is 10.2. The minimum atomic E-state index is -0.336. The highest BCUT2D eigenvalue weighted by molar-refractivity contribution is 5.87. The molecule has 2 aromatic carbocycles. The number of likely N-dealkylation sites (tertiary alicyclic amines) is 2. The molecule has 2 aromatic rings. The molecule has 3 aliphatic rings. The fourth-order valence-corrected chi connectivity index (χ4v) is 5.63. The van der Waals surface area contributed by atoms with Gasteiger partial charge in [-0.25, -0.2) is 0 Å². The van der Waals surface area contributed by atoms with Crippen LogP contribution in [0.15, 0.2) is 48.5 Å². The number of rotatable bonds is 6. The minimum absolute atomic E-state index is 0.0196. The normalized spacial score (nSPS) is 21.1. The number of carbonyl (C=O) groups excluding carboxylic acids is 2. The first kappa shape index (κ1) is 24.8. The van der Waals surface area contributed by atoms with Gasteiger partial charge in [0.15, 0.2) is 0 Å². The smallest absolute Gasteiger partial charge is 0.245 e. The summed E-state index contributed by atoms with van der Waals surface area (Å²) in [7, 11) is 0. The van der Waals surface area contributed by atoms with E-state index in [1.807, 2.05) is 17.0 Å². The highest BCUT2D eigenvalue weighted by atomic mass is 16.5. The third-order valence-corrected chi connectivity index (χ3v) is 7.63. The molecule has 0 bridgehead atoms. The topological polar surface area (TPSA) is 62.3 Å². The summed E-state index contributed by atoms with van der Waals surface area (Å²) in [6.45, 7) is 7.36. The zero-order valence-electron chi connectivity index (χ0n) is 21.2. The van der Waals surface area contributed by atoms with Crippen molar-refractivity contribution in [2.24, 2.45) is 0 Å². The van der Waals surface area contributed by atoms with Gasteiger partial charge in [0.2, 0.25) is 11.8 Å². The van der Waals surface area contributed by atoms with E-state index in [-0.39, 0.29) is 17.9 Å². The lowest BCUT2D eigenvalue weighted by Gasteiger charge is -2.32. The van der Waals surface area contributed by atoms with E-state index in [4.69, 9.17) is 9.47 Å². The summed E-state index contributed by atoms with van der Waals surface area (Å²) in [6, 6.07) is 16.4. The Morgan fingerprint density at radius 3 is 2.56 bits per heavy atom. The van der Waals surface area contributed by atoms with Gasteiger partial charge in [-0.2, -0.15) is 0 Å². The van der Waals surface area contributed by atoms with Crippen LogP contribution in [0.2, 0.25) is 0 Å². The summed E-state index contributed by atoms with van der Waals surface area (Å²) in [5.41, 5.74) is 3.51. The summed E-state index contributed by atoms with van der Waals surface area (Å²) in [4.78, 5) is 31.4. The highest BCUT2D eigenvalue weighted by Gasteiger charge is 2.36. The number of amides is 2. The molecule has 3 aliphatic heterocycles. The van der Waals surface area contributed by atoms with E-state index in [0.717, 1.165) is 56.6 Å². The standard InChI is InChI=1S/C29H37N3O4/c1-22(33)32-13-5-8-27(32)29(34)31-16-17-35-28-10-9-24(18-25(28)20-31)19-30-14-11-26(12-15-30)36-21-23-6-3-2-4-7-23/h2-4,6-7,9-10,18,26-27H,5,8,11-17,19-21H2,1H3/t27-/m0/s1. The Morgan fingerprint density at radius 2 is 1.78 bits per heavy atom. The Labute approximate surface area is 214 Å². The molecule has 7 nitrogen and oxygen atoms in total. The first-order chi connectivity index (χ1) is 17.6. The number of carbonyl (C=O) groups is 2. The van der Waals surface area contributed by atoms with Crippen LogP contribution in [0.1, 0.15) is 49.3 Å². The van der Waals surface area contributed by atoms with Gasteiger partial charge in [-0.15, -0.1) is 0 Å². The summed E-state index contributed by atoms with van der Waals surface area (Å²) in [5, 5.41) is 0. The van der Waals surface area contributed by atoms with Gasteiger partial charge in [0, 0.05) is 45.2 Å². The van der Waals surface area contributed by atoms with Gasteiger partial charge in [-0.1, -0.05) is 36.4 Å². The van der Waals surface area contributed by atoms with Crippen molar-refractivity contribution in [3.8, 4) is 5.75 Å². The van der Waals surface area contributed by atoms with Gasteiger partial charge in [-0.3, -0.25) is 14.5 Å². The Bertz CT molecular complexity index is 1050. The molecule has 7 heteroatoms. The van der Waals surface area contributed by atoms with Gasteiger partial charge in [-0.05, 0) is 48.9 Å². The number of hydrogen-bond acceptors (Lipinski definition) is 5. The lowest BCUT2D eigenvalue weighted by molar-refractivity contribution is -0.143. The van der Waals surface area contributed by atoms with Crippen molar-refractivity contribution >= 4 is 11.8 Å². The summed E-state index contributed by atoms with van der Waals surface area (Å²) in [5.74, 6) is 0.882. The minimum Gasteiger partial charge on any atom is -0.491 e. The Balaban J connectivity index is 1.16. The number of hydrogen-bond donors (Lipinski definition) is 0. The predicted octanol–water partition coefficient (Wildman–Crippen LogP) is 3.60. The van der Waals surface area contributed by atoms with Crippen LogP contribution in [-0.2, 0) is 34.0 Å². The van der Waals surface area contributed by atoms with Crippen LogP contribution in [0.3, 0.4) is 0 Å². The van der Waals surface area contributed by atoms with Crippen molar-refractivity contribution < 1.29 is 19.1 Å². The molecule has 2 amide bonds. The molecule has 0 aliphatic carbocycles. The molecule has 0 radical (unpaired) electrons. The van der Waals surface area contributed by atoms with Gasteiger partial charge < -0.3 is 19.3 Å². The van der Waals surface area contributed by atoms with Gasteiger partial charge in [0.25, 0.3) is 0 Å². The van der Waals surface area contributed by atoms with Crippen LogP contribution >= 0.6 is 0 Å². The lowest BCUT2D eigenvalue weighted by Crippen LogP contribution is -2.47.